The summed E-state index contributed by atoms with van der Waals surface area (Å²) in [7, 11) is 4.00. The van der Waals surface area contributed by atoms with Gasteiger partial charge in [-0.1, -0.05) is 27.3 Å². The van der Waals surface area contributed by atoms with Crippen molar-refractivity contribution in [3.8, 4) is 0 Å². The predicted octanol–water partition coefficient (Wildman–Crippen LogP) is 4.80. The molecule has 0 aliphatic rings. The third kappa shape index (κ3) is 4.47. The Bertz CT molecular complexity index is 911. The van der Waals surface area contributed by atoms with Crippen LogP contribution in [-0.2, 0) is 0 Å². The Kier molecular flexibility index (Phi) is 6.01. The number of anilines is 1. The van der Waals surface area contributed by atoms with Gasteiger partial charge in [-0.05, 0) is 69.5 Å². The minimum absolute atomic E-state index is 0.165. The van der Waals surface area contributed by atoms with Crippen molar-refractivity contribution in [2.45, 2.75) is 6.42 Å². The number of benzene rings is 2. The third-order valence-corrected chi connectivity index (χ3v) is 5.43. The number of fused-ring (bicyclic) bond motifs is 1. The van der Waals surface area contributed by atoms with E-state index < -0.39 is 0 Å². The van der Waals surface area contributed by atoms with E-state index in [0.29, 0.717) is 17.2 Å². The molecule has 3 aromatic rings. The van der Waals surface area contributed by atoms with E-state index in [1.54, 1.807) is 4.90 Å². The highest BCUT2D eigenvalue weighted by Crippen LogP contribution is 2.31. The molecule has 0 aliphatic carbocycles. The first-order valence-electron chi connectivity index (χ1n) is 8.22. The SMILES string of the molecule is CN(C)CCCN(C(=O)c1ccc(F)cc1)c1nc2ccc(Br)cc2s1. The molecular formula is C19H19BrFN3OS. The highest BCUT2D eigenvalue weighted by Gasteiger charge is 2.21. The van der Waals surface area contributed by atoms with Gasteiger partial charge in [0.05, 0.1) is 10.2 Å². The summed E-state index contributed by atoms with van der Waals surface area (Å²) in [5.74, 6) is -0.521. The maximum Gasteiger partial charge on any atom is 0.260 e. The second kappa shape index (κ2) is 8.24. The van der Waals surface area contributed by atoms with Crippen LogP contribution in [0.2, 0.25) is 0 Å². The molecule has 1 amide bonds. The number of halogens is 2. The van der Waals surface area contributed by atoms with Crippen LogP contribution in [-0.4, -0.2) is 43.0 Å². The lowest BCUT2D eigenvalue weighted by Gasteiger charge is -2.21. The summed E-state index contributed by atoms with van der Waals surface area (Å²) in [4.78, 5) is 21.4. The molecule has 7 heteroatoms. The number of rotatable bonds is 6. The van der Waals surface area contributed by atoms with Crippen LogP contribution < -0.4 is 4.90 Å². The molecule has 0 unspecified atom stereocenters. The minimum Gasteiger partial charge on any atom is -0.309 e. The second-order valence-corrected chi connectivity index (χ2v) is 8.15. The molecule has 0 atom stereocenters. The zero-order chi connectivity index (χ0) is 18.7. The fraction of sp³-hybridized carbons (Fsp3) is 0.263. The Labute approximate surface area is 164 Å². The van der Waals surface area contributed by atoms with Crippen LogP contribution in [0, 0.1) is 5.82 Å². The highest BCUT2D eigenvalue weighted by atomic mass is 79.9. The number of amides is 1. The molecule has 1 aromatic heterocycles. The zero-order valence-electron chi connectivity index (χ0n) is 14.6. The van der Waals surface area contributed by atoms with Crippen molar-refractivity contribution in [2.75, 3.05) is 32.1 Å². The molecule has 0 bridgehead atoms. The molecule has 1 heterocycles. The van der Waals surface area contributed by atoms with E-state index in [1.165, 1.54) is 35.6 Å². The van der Waals surface area contributed by atoms with Crippen LogP contribution in [0.1, 0.15) is 16.8 Å². The lowest BCUT2D eigenvalue weighted by atomic mass is 10.2. The lowest BCUT2D eigenvalue weighted by molar-refractivity contribution is 0.0986. The number of hydrogen-bond acceptors (Lipinski definition) is 4. The largest absolute Gasteiger partial charge is 0.309 e. The number of aromatic nitrogens is 1. The van der Waals surface area contributed by atoms with Gasteiger partial charge in [0.15, 0.2) is 5.13 Å². The Morgan fingerprint density at radius 2 is 1.88 bits per heavy atom. The van der Waals surface area contributed by atoms with Gasteiger partial charge in [0.2, 0.25) is 0 Å². The standard InChI is InChI=1S/C19H19BrFN3OS/c1-23(2)10-3-11-24(18(25)13-4-7-15(21)8-5-13)19-22-16-9-6-14(20)12-17(16)26-19/h4-9,12H,3,10-11H2,1-2H3. The summed E-state index contributed by atoms with van der Waals surface area (Å²) in [6.07, 6.45) is 0.819. The summed E-state index contributed by atoms with van der Waals surface area (Å²) in [6.45, 7) is 1.42. The van der Waals surface area contributed by atoms with Gasteiger partial charge in [0, 0.05) is 16.6 Å². The van der Waals surface area contributed by atoms with E-state index in [0.717, 1.165) is 27.7 Å². The summed E-state index contributed by atoms with van der Waals surface area (Å²) in [6, 6.07) is 11.5. The smallest absolute Gasteiger partial charge is 0.260 e. The van der Waals surface area contributed by atoms with Crippen molar-refractivity contribution in [3.63, 3.8) is 0 Å². The van der Waals surface area contributed by atoms with Gasteiger partial charge in [-0.2, -0.15) is 0 Å². The molecule has 0 aliphatic heterocycles. The quantitative estimate of drug-likeness (QED) is 0.557. The van der Waals surface area contributed by atoms with Gasteiger partial charge in [0.1, 0.15) is 5.82 Å². The molecule has 0 radical (unpaired) electrons. The van der Waals surface area contributed by atoms with Gasteiger partial charge in [-0.15, -0.1) is 0 Å². The fourth-order valence-corrected chi connectivity index (χ4v) is 4.12. The minimum atomic E-state index is -0.356. The molecule has 3 rings (SSSR count). The number of carbonyl (C=O) groups excluding carboxylic acids is 1. The van der Waals surface area contributed by atoms with Crippen molar-refractivity contribution >= 4 is 48.5 Å². The van der Waals surface area contributed by atoms with E-state index >= 15 is 0 Å². The van der Waals surface area contributed by atoms with Gasteiger partial charge in [0.25, 0.3) is 5.91 Å². The number of hydrogen-bond donors (Lipinski definition) is 0. The lowest BCUT2D eigenvalue weighted by Crippen LogP contribution is -2.33. The fourth-order valence-electron chi connectivity index (χ4n) is 2.58. The third-order valence-electron chi connectivity index (χ3n) is 3.89. The second-order valence-electron chi connectivity index (χ2n) is 6.23. The molecule has 136 valence electrons. The first kappa shape index (κ1) is 18.9. The Hall–Kier alpha value is -1.83. The van der Waals surface area contributed by atoms with Gasteiger partial charge < -0.3 is 4.90 Å². The summed E-state index contributed by atoms with van der Waals surface area (Å²) in [5, 5.41) is 0.659. The summed E-state index contributed by atoms with van der Waals surface area (Å²) in [5.41, 5.74) is 1.31. The average Bonchev–Trinajstić information content (AvgIpc) is 3.01. The molecule has 4 nitrogen and oxygen atoms in total. The number of nitrogens with zero attached hydrogens (tertiary/aromatic N) is 3. The van der Waals surface area contributed by atoms with Crippen molar-refractivity contribution in [2.24, 2.45) is 0 Å². The van der Waals surface area contributed by atoms with Crippen LogP contribution in [0.5, 0.6) is 0 Å². The Morgan fingerprint density at radius 1 is 1.15 bits per heavy atom. The first-order valence-corrected chi connectivity index (χ1v) is 9.83. The number of carbonyl (C=O) groups is 1. The van der Waals surface area contributed by atoms with E-state index in [2.05, 4.69) is 25.8 Å². The molecule has 0 N–H and O–H groups in total. The van der Waals surface area contributed by atoms with E-state index in [9.17, 15) is 9.18 Å². The number of thiazole rings is 1. The van der Waals surface area contributed by atoms with Gasteiger partial charge in [-0.25, -0.2) is 9.37 Å². The zero-order valence-corrected chi connectivity index (χ0v) is 17.0. The molecule has 2 aromatic carbocycles. The molecule has 0 saturated heterocycles. The van der Waals surface area contributed by atoms with E-state index in [4.69, 9.17) is 0 Å². The maximum atomic E-state index is 13.2. The topological polar surface area (TPSA) is 36.4 Å². The van der Waals surface area contributed by atoms with Gasteiger partial charge in [-0.3, -0.25) is 9.69 Å². The first-order chi connectivity index (χ1) is 12.4. The monoisotopic (exact) mass is 435 g/mol. The average molecular weight is 436 g/mol. The predicted molar refractivity (Wildman–Crippen MR) is 109 cm³/mol. The normalized spacial score (nSPS) is 11.3. The van der Waals surface area contributed by atoms with Crippen molar-refractivity contribution in [1.29, 1.82) is 0 Å². The van der Waals surface area contributed by atoms with Crippen LogP contribution in [0.3, 0.4) is 0 Å². The van der Waals surface area contributed by atoms with Crippen molar-refractivity contribution in [1.82, 2.24) is 9.88 Å². The van der Waals surface area contributed by atoms with E-state index in [1.807, 2.05) is 32.3 Å². The summed E-state index contributed by atoms with van der Waals surface area (Å²) >= 11 is 4.95. The molecule has 26 heavy (non-hydrogen) atoms. The maximum absolute atomic E-state index is 13.2. The van der Waals surface area contributed by atoms with Crippen molar-refractivity contribution < 1.29 is 9.18 Å². The molecule has 0 spiro atoms. The van der Waals surface area contributed by atoms with Crippen LogP contribution in [0.4, 0.5) is 9.52 Å². The van der Waals surface area contributed by atoms with Crippen LogP contribution >= 0.6 is 27.3 Å². The Balaban J connectivity index is 1.92. The van der Waals surface area contributed by atoms with E-state index in [-0.39, 0.29) is 11.7 Å². The van der Waals surface area contributed by atoms with Crippen LogP contribution in [0.15, 0.2) is 46.9 Å². The highest BCUT2D eigenvalue weighted by molar-refractivity contribution is 9.10. The Morgan fingerprint density at radius 3 is 2.58 bits per heavy atom. The molecular weight excluding hydrogens is 417 g/mol. The molecule has 0 fully saturated rings. The summed E-state index contributed by atoms with van der Waals surface area (Å²) < 4.78 is 15.2. The van der Waals surface area contributed by atoms with Crippen LogP contribution in [0.25, 0.3) is 10.2 Å². The molecule has 0 saturated carbocycles. The van der Waals surface area contributed by atoms with Gasteiger partial charge >= 0.3 is 0 Å². The van der Waals surface area contributed by atoms with Crippen molar-refractivity contribution in [3.05, 3.63) is 58.3 Å².